The Hall–Kier alpha value is -1.13. The summed E-state index contributed by atoms with van der Waals surface area (Å²) < 4.78 is 2.00. The summed E-state index contributed by atoms with van der Waals surface area (Å²) in [6.45, 7) is 1.95. The number of hydrogen-bond donors (Lipinski definition) is 1. The number of hydrogen-bond acceptors (Lipinski definition) is 6. The molecular formula is C14H24N6S. The number of nitrogens with zero attached hydrogens (tertiary/aromatic N) is 5. The molecule has 0 amide bonds. The molecular weight excluding hydrogens is 284 g/mol. The summed E-state index contributed by atoms with van der Waals surface area (Å²) in [4.78, 5) is 0. The van der Waals surface area contributed by atoms with Crippen LogP contribution in [0.25, 0.3) is 0 Å². The number of thioether (sulfide) groups is 1. The third-order valence-corrected chi connectivity index (χ3v) is 5.25. The van der Waals surface area contributed by atoms with E-state index in [1.807, 2.05) is 18.7 Å². The molecule has 6 nitrogen and oxygen atoms in total. The minimum absolute atomic E-state index is 0.407. The van der Waals surface area contributed by atoms with Gasteiger partial charge in [0.05, 0.1) is 12.1 Å². The van der Waals surface area contributed by atoms with Crippen LogP contribution in [0.3, 0.4) is 0 Å². The Morgan fingerprint density at radius 2 is 2.19 bits per heavy atom. The third kappa shape index (κ3) is 4.42. The van der Waals surface area contributed by atoms with E-state index in [4.69, 9.17) is 5.26 Å². The molecule has 0 aromatic carbocycles. The molecule has 21 heavy (non-hydrogen) atoms. The third-order valence-electron chi connectivity index (χ3n) is 4.23. The SMILES string of the molecule is CNC(C)(C#N)CCCCSc1nnnn1C1CCCC1. The summed E-state index contributed by atoms with van der Waals surface area (Å²) in [5.74, 6) is 0.998. The summed E-state index contributed by atoms with van der Waals surface area (Å²) in [6, 6.07) is 2.82. The summed E-state index contributed by atoms with van der Waals surface area (Å²) in [7, 11) is 1.84. The number of unbranched alkanes of at least 4 members (excludes halogenated alkanes) is 1. The van der Waals surface area contributed by atoms with Gasteiger partial charge < -0.3 is 5.32 Å². The van der Waals surface area contributed by atoms with E-state index < -0.39 is 5.54 Å². The molecule has 0 radical (unpaired) electrons. The van der Waals surface area contributed by atoms with Gasteiger partial charge in [-0.3, -0.25) is 0 Å². The van der Waals surface area contributed by atoms with Crippen molar-refractivity contribution in [2.24, 2.45) is 0 Å². The van der Waals surface area contributed by atoms with Crippen LogP contribution in [0.4, 0.5) is 0 Å². The predicted molar refractivity (Wildman–Crippen MR) is 83.0 cm³/mol. The minimum Gasteiger partial charge on any atom is -0.303 e. The highest BCUT2D eigenvalue weighted by Gasteiger charge is 2.22. The first-order chi connectivity index (χ1) is 10.2. The molecule has 0 saturated heterocycles. The summed E-state index contributed by atoms with van der Waals surface area (Å²) in [5.41, 5.74) is -0.407. The number of rotatable bonds is 8. The molecule has 2 rings (SSSR count). The summed E-state index contributed by atoms with van der Waals surface area (Å²) >= 11 is 1.73. The van der Waals surface area contributed by atoms with Gasteiger partial charge in [-0.15, -0.1) is 5.10 Å². The molecule has 1 aromatic heterocycles. The number of aromatic nitrogens is 4. The second-order valence-corrected chi connectivity index (χ2v) is 6.91. The highest BCUT2D eigenvalue weighted by molar-refractivity contribution is 7.99. The van der Waals surface area contributed by atoms with E-state index in [2.05, 4.69) is 26.9 Å². The molecule has 0 spiro atoms. The zero-order valence-corrected chi connectivity index (χ0v) is 13.7. The normalized spacial score (nSPS) is 18.5. The molecule has 1 fully saturated rings. The van der Waals surface area contributed by atoms with Crippen molar-refractivity contribution in [2.75, 3.05) is 12.8 Å². The first kappa shape index (κ1) is 16.2. The van der Waals surface area contributed by atoms with Gasteiger partial charge in [-0.25, -0.2) is 4.68 Å². The number of tetrazole rings is 1. The molecule has 7 heteroatoms. The highest BCUT2D eigenvalue weighted by atomic mass is 32.2. The van der Waals surface area contributed by atoms with Crippen LogP contribution in [0, 0.1) is 11.3 Å². The zero-order valence-electron chi connectivity index (χ0n) is 12.9. The van der Waals surface area contributed by atoms with Gasteiger partial charge in [-0.1, -0.05) is 24.6 Å². The van der Waals surface area contributed by atoms with Crippen LogP contribution in [0.5, 0.6) is 0 Å². The minimum atomic E-state index is -0.407. The topological polar surface area (TPSA) is 79.4 Å². The van der Waals surface area contributed by atoms with Gasteiger partial charge in [0.1, 0.15) is 5.54 Å². The maximum atomic E-state index is 9.10. The van der Waals surface area contributed by atoms with Gasteiger partial charge in [0, 0.05) is 5.75 Å². The lowest BCUT2D eigenvalue weighted by Gasteiger charge is -2.20. The Kier molecular flexibility index (Phi) is 6.00. The average Bonchev–Trinajstić information content (AvgIpc) is 3.17. The van der Waals surface area contributed by atoms with E-state index in [1.165, 1.54) is 25.7 Å². The zero-order chi connectivity index (χ0) is 15.1. The Balaban J connectivity index is 1.72. The lowest BCUT2D eigenvalue weighted by Crippen LogP contribution is -2.37. The summed E-state index contributed by atoms with van der Waals surface area (Å²) in [5, 5.41) is 25.2. The van der Waals surface area contributed by atoms with Gasteiger partial charge in [-0.05, 0) is 56.5 Å². The molecule has 1 aliphatic rings. The molecule has 116 valence electrons. The van der Waals surface area contributed by atoms with Gasteiger partial charge in [0.15, 0.2) is 0 Å². The van der Waals surface area contributed by atoms with Crippen molar-refractivity contribution in [3.63, 3.8) is 0 Å². The predicted octanol–water partition coefficient (Wildman–Crippen LogP) is 2.55. The molecule has 1 unspecified atom stereocenters. The van der Waals surface area contributed by atoms with E-state index in [-0.39, 0.29) is 0 Å². The molecule has 1 aromatic rings. The molecule has 1 atom stereocenters. The standard InChI is InChI=1S/C14H24N6S/c1-14(11-15,16-2)9-5-6-10-21-13-17-18-19-20(13)12-7-3-4-8-12/h12,16H,3-10H2,1-2H3. The van der Waals surface area contributed by atoms with Crippen molar-refractivity contribution in [1.82, 2.24) is 25.5 Å². The van der Waals surface area contributed by atoms with Crippen molar-refractivity contribution in [3.8, 4) is 6.07 Å². The number of nitriles is 1. The highest BCUT2D eigenvalue weighted by Crippen LogP contribution is 2.31. The van der Waals surface area contributed by atoms with Crippen molar-refractivity contribution in [1.29, 1.82) is 5.26 Å². The molecule has 0 aliphatic heterocycles. The Bertz CT molecular complexity index is 476. The van der Waals surface area contributed by atoms with E-state index >= 15 is 0 Å². The lowest BCUT2D eigenvalue weighted by molar-refractivity contribution is 0.422. The molecule has 1 aliphatic carbocycles. The van der Waals surface area contributed by atoms with Gasteiger partial charge in [0.25, 0.3) is 0 Å². The average molecular weight is 308 g/mol. The Morgan fingerprint density at radius 3 is 2.86 bits per heavy atom. The van der Waals surface area contributed by atoms with E-state index in [0.29, 0.717) is 6.04 Å². The molecule has 0 bridgehead atoms. The van der Waals surface area contributed by atoms with Gasteiger partial charge in [-0.2, -0.15) is 5.26 Å². The fraction of sp³-hybridized carbons (Fsp3) is 0.857. The van der Waals surface area contributed by atoms with Crippen LogP contribution >= 0.6 is 11.8 Å². The largest absolute Gasteiger partial charge is 0.303 e. The van der Waals surface area contributed by atoms with E-state index in [1.54, 1.807) is 11.8 Å². The lowest BCUT2D eigenvalue weighted by atomic mass is 9.97. The first-order valence-electron chi connectivity index (χ1n) is 7.69. The fourth-order valence-corrected chi connectivity index (χ4v) is 3.58. The van der Waals surface area contributed by atoms with Crippen LogP contribution in [-0.2, 0) is 0 Å². The van der Waals surface area contributed by atoms with Crippen molar-refractivity contribution in [2.45, 2.75) is 68.6 Å². The van der Waals surface area contributed by atoms with Crippen LogP contribution < -0.4 is 5.32 Å². The second kappa shape index (κ2) is 7.76. The molecule has 1 heterocycles. The number of nitrogens with one attached hydrogen (secondary N) is 1. The summed E-state index contributed by atoms with van der Waals surface area (Å²) in [6.07, 6.45) is 7.93. The van der Waals surface area contributed by atoms with Crippen molar-refractivity contribution in [3.05, 3.63) is 0 Å². The van der Waals surface area contributed by atoms with Crippen molar-refractivity contribution < 1.29 is 0 Å². The van der Waals surface area contributed by atoms with E-state index in [0.717, 1.165) is 30.2 Å². The van der Waals surface area contributed by atoms with Crippen LogP contribution in [0.15, 0.2) is 5.16 Å². The van der Waals surface area contributed by atoms with Gasteiger partial charge in [0.2, 0.25) is 5.16 Å². The Morgan fingerprint density at radius 1 is 1.43 bits per heavy atom. The van der Waals surface area contributed by atoms with Crippen LogP contribution in [-0.4, -0.2) is 38.5 Å². The maximum Gasteiger partial charge on any atom is 0.209 e. The van der Waals surface area contributed by atoms with Crippen LogP contribution in [0.1, 0.15) is 57.9 Å². The fourth-order valence-electron chi connectivity index (χ4n) is 2.64. The quantitative estimate of drug-likeness (QED) is 0.587. The second-order valence-electron chi connectivity index (χ2n) is 5.84. The van der Waals surface area contributed by atoms with E-state index in [9.17, 15) is 0 Å². The van der Waals surface area contributed by atoms with Gasteiger partial charge >= 0.3 is 0 Å². The van der Waals surface area contributed by atoms with Crippen LogP contribution in [0.2, 0.25) is 0 Å². The molecule has 1 saturated carbocycles. The first-order valence-corrected chi connectivity index (χ1v) is 8.68. The smallest absolute Gasteiger partial charge is 0.209 e. The Labute approximate surface area is 130 Å². The monoisotopic (exact) mass is 308 g/mol. The maximum absolute atomic E-state index is 9.10. The molecule has 1 N–H and O–H groups in total. The van der Waals surface area contributed by atoms with Crippen molar-refractivity contribution >= 4 is 11.8 Å².